The minimum absolute atomic E-state index is 0.183. The first kappa shape index (κ1) is 20.1. The zero-order valence-electron chi connectivity index (χ0n) is 16.1. The number of nitrogens with zero attached hydrogens (tertiary/aromatic N) is 1. The first-order valence-electron chi connectivity index (χ1n) is 9.26. The van der Waals surface area contributed by atoms with Crippen LogP contribution in [0.3, 0.4) is 0 Å². The molecule has 3 aromatic rings. The number of benzene rings is 2. The topological polar surface area (TPSA) is 66.5 Å². The van der Waals surface area contributed by atoms with Crippen molar-refractivity contribution in [1.29, 1.82) is 0 Å². The molecule has 1 aliphatic rings. The number of imide groups is 1. The van der Waals surface area contributed by atoms with Crippen molar-refractivity contribution in [1.82, 2.24) is 0 Å². The molecule has 5 nitrogen and oxygen atoms in total. The Morgan fingerprint density at radius 2 is 1.70 bits per heavy atom. The Bertz CT molecular complexity index is 1120. The number of hydrogen-bond donors (Lipinski definition) is 1. The van der Waals surface area contributed by atoms with E-state index in [1.807, 2.05) is 47.8 Å². The third-order valence-electron chi connectivity index (χ3n) is 4.48. The Kier molecular flexibility index (Phi) is 5.83. The summed E-state index contributed by atoms with van der Waals surface area (Å²) in [6.07, 6.45) is 0. The van der Waals surface area contributed by atoms with Gasteiger partial charge in [0.25, 0.3) is 11.8 Å². The van der Waals surface area contributed by atoms with Crippen molar-refractivity contribution in [3.63, 3.8) is 0 Å². The summed E-state index contributed by atoms with van der Waals surface area (Å²) in [5, 5.41) is 4.58. The van der Waals surface area contributed by atoms with E-state index in [2.05, 4.69) is 5.32 Å². The number of rotatable bonds is 6. The average Bonchev–Trinajstić information content (AvgIpc) is 3.34. The molecule has 0 radical (unpaired) electrons. The van der Waals surface area contributed by atoms with Crippen LogP contribution in [0, 0.1) is 0 Å². The van der Waals surface area contributed by atoms with E-state index in [1.165, 1.54) is 34.9 Å². The molecule has 1 N–H and O–H groups in total. The van der Waals surface area contributed by atoms with Gasteiger partial charge in [-0.05, 0) is 41.3 Å². The normalized spacial score (nSPS) is 13.8. The predicted molar refractivity (Wildman–Crippen MR) is 122 cm³/mol. The molecular formula is C23H18N2O3S2. The molecule has 7 heteroatoms. The van der Waals surface area contributed by atoms with Crippen LogP contribution < -0.4 is 10.2 Å². The molecule has 2 aromatic carbocycles. The number of anilines is 2. The molecule has 1 aromatic heterocycles. The van der Waals surface area contributed by atoms with Crippen LogP contribution in [0.25, 0.3) is 5.57 Å². The van der Waals surface area contributed by atoms with Crippen LogP contribution in [0.5, 0.6) is 0 Å². The van der Waals surface area contributed by atoms with Gasteiger partial charge >= 0.3 is 0 Å². The Morgan fingerprint density at radius 1 is 0.967 bits per heavy atom. The lowest BCUT2D eigenvalue weighted by Crippen LogP contribution is -2.31. The van der Waals surface area contributed by atoms with E-state index in [4.69, 9.17) is 0 Å². The van der Waals surface area contributed by atoms with E-state index in [-0.39, 0.29) is 17.7 Å². The second-order valence-electron chi connectivity index (χ2n) is 6.63. The zero-order valence-corrected chi connectivity index (χ0v) is 17.8. The molecule has 30 heavy (non-hydrogen) atoms. The van der Waals surface area contributed by atoms with Crippen LogP contribution in [0.4, 0.5) is 11.4 Å². The molecular weight excluding hydrogens is 416 g/mol. The molecule has 150 valence electrons. The summed E-state index contributed by atoms with van der Waals surface area (Å²) >= 11 is 2.82. The minimum Gasteiger partial charge on any atom is -0.326 e. The maximum atomic E-state index is 13.3. The van der Waals surface area contributed by atoms with E-state index < -0.39 is 0 Å². The highest BCUT2D eigenvalue weighted by Gasteiger charge is 2.40. The maximum absolute atomic E-state index is 13.3. The summed E-state index contributed by atoms with van der Waals surface area (Å²) in [4.78, 5) is 40.2. The Labute approximate surface area is 182 Å². The molecule has 0 atom stereocenters. The average molecular weight is 435 g/mol. The van der Waals surface area contributed by atoms with Gasteiger partial charge in [-0.1, -0.05) is 36.4 Å². The molecule has 3 amide bonds. The van der Waals surface area contributed by atoms with E-state index in [0.717, 1.165) is 10.4 Å². The number of nitrogens with one attached hydrogen (secondary N) is 1. The lowest BCUT2D eigenvalue weighted by Gasteiger charge is -2.15. The smallest absolute Gasteiger partial charge is 0.272 e. The van der Waals surface area contributed by atoms with Crippen LogP contribution in [0.1, 0.15) is 17.4 Å². The maximum Gasteiger partial charge on any atom is 0.272 e. The third kappa shape index (κ3) is 4.08. The van der Waals surface area contributed by atoms with Crippen molar-refractivity contribution in [2.45, 2.75) is 12.7 Å². The molecule has 4 rings (SSSR count). The number of amides is 3. The first-order chi connectivity index (χ1) is 14.5. The zero-order chi connectivity index (χ0) is 21.1. The van der Waals surface area contributed by atoms with Crippen molar-refractivity contribution >= 4 is 57.8 Å². The fourth-order valence-electron chi connectivity index (χ4n) is 3.14. The number of carbonyl (C=O) groups excluding carboxylic acids is 3. The van der Waals surface area contributed by atoms with Crippen LogP contribution in [-0.4, -0.2) is 17.7 Å². The van der Waals surface area contributed by atoms with Crippen LogP contribution in [0.2, 0.25) is 0 Å². The van der Waals surface area contributed by atoms with Gasteiger partial charge in [0.2, 0.25) is 5.91 Å². The summed E-state index contributed by atoms with van der Waals surface area (Å²) in [6, 6.07) is 20.3. The highest BCUT2D eigenvalue weighted by atomic mass is 32.2. The molecule has 1 aliphatic heterocycles. The number of thiophene rings is 1. The first-order valence-corrected chi connectivity index (χ1v) is 11.1. The number of hydrogen-bond acceptors (Lipinski definition) is 5. The van der Waals surface area contributed by atoms with Crippen molar-refractivity contribution in [3.8, 4) is 0 Å². The quantitative estimate of drug-likeness (QED) is 0.559. The second kappa shape index (κ2) is 8.69. The summed E-state index contributed by atoms with van der Waals surface area (Å²) in [5.41, 5.74) is 2.61. The summed E-state index contributed by atoms with van der Waals surface area (Å²) in [7, 11) is 0. The van der Waals surface area contributed by atoms with E-state index >= 15 is 0 Å². The SMILES string of the molecule is CC(=O)Nc1ccc(N2C(=O)C(SCc3ccccc3)=C(c3cccs3)C2=O)cc1. The minimum atomic E-state index is -0.328. The molecule has 0 saturated carbocycles. The standard InChI is InChI=1S/C23H18N2O3S2/c1-15(26)24-17-9-11-18(12-10-17)25-22(27)20(19-8-5-13-29-19)21(23(25)28)30-14-16-6-3-2-4-7-16/h2-13H,14H2,1H3,(H,24,26). The van der Waals surface area contributed by atoms with Crippen LogP contribution in [-0.2, 0) is 20.1 Å². The van der Waals surface area contributed by atoms with Crippen molar-refractivity contribution in [2.24, 2.45) is 0 Å². The fourth-order valence-corrected chi connectivity index (χ4v) is 5.04. The molecule has 0 bridgehead atoms. The Balaban J connectivity index is 1.65. The van der Waals surface area contributed by atoms with E-state index in [9.17, 15) is 14.4 Å². The van der Waals surface area contributed by atoms with E-state index in [1.54, 1.807) is 24.3 Å². The molecule has 0 aliphatic carbocycles. The highest BCUT2D eigenvalue weighted by molar-refractivity contribution is 8.03. The summed E-state index contributed by atoms with van der Waals surface area (Å²) in [6.45, 7) is 1.43. The number of carbonyl (C=O) groups is 3. The second-order valence-corrected chi connectivity index (χ2v) is 8.56. The largest absolute Gasteiger partial charge is 0.326 e. The van der Waals surface area contributed by atoms with Gasteiger partial charge < -0.3 is 5.32 Å². The van der Waals surface area contributed by atoms with Gasteiger partial charge in [0.15, 0.2) is 0 Å². The van der Waals surface area contributed by atoms with Crippen LogP contribution >= 0.6 is 23.1 Å². The van der Waals surface area contributed by atoms with Gasteiger partial charge in [0.05, 0.1) is 16.2 Å². The fraction of sp³-hybridized carbons (Fsp3) is 0.0870. The van der Waals surface area contributed by atoms with Gasteiger partial charge in [-0.15, -0.1) is 23.1 Å². The summed E-state index contributed by atoms with van der Waals surface area (Å²) < 4.78 is 0. The third-order valence-corrected chi connectivity index (χ3v) is 6.51. The van der Waals surface area contributed by atoms with E-state index in [0.29, 0.717) is 27.6 Å². The Hall–Kier alpha value is -3.16. The molecule has 2 heterocycles. The van der Waals surface area contributed by atoms with Gasteiger partial charge in [0.1, 0.15) is 0 Å². The monoisotopic (exact) mass is 434 g/mol. The van der Waals surface area contributed by atoms with Gasteiger partial charge in [-0.3, -0.25) is 14.4 Å². The van der Waals surface area contributed by atoms with Crippen molar-refractivity contribution in [2.75, 3.05) is 10.2 Å². The highest BCUT2D eigenvalue weighted by Crippen LogP contribution is 2.40. The van der Waals surface area contributed by atoms with Gasteiger partial charge in [0, 0.05) is 23.2 Å². The molecule has 0 fully saturated rings. The predicted octanol–water partition coefficient (Wildman–Crippen LogP) is 4.92. The molecule has 0 spiro atoms. The lowest BCUT2D eigenvalue weighted by atomic mass is 10.2. The number of thioether (sulfide) groups is 1. The van der Waals surface area contributed by atoms with Gasteiger partial charge in [-0.2, -0.15) is 0 Å². The van der Waals surface area contributed by atoms with Gasteiger partial charge in [-0.25, -0.2) is 4.90 Å². The molecule has 0 unspecified atom stereocenters. The Morgan fingerprint density at radius 3 is 2.33 bits per heavy atom. The van der Waals surface area contributed by atoms with Crippen LogP contribution in [0.15, 0.2) is 77.0 Å². The molecule has 0 saturated heterocycles. The van der Waals surface area contributed by atoms with Crippen molar-refractivity contribution < 1.29 is 14.4 Å². The van der Waals surface area contributed by atoms with Crippen molar-refractivity contribution in [3.05, 3.63) is 87.5 Å². The summed E-state index contributed by atoms with van der Waals surface area (Å²) in [5.74, 6) is -0.237. The lowest BCUT2D eigenvalue weighted by molar-refractivity contribution is -0.120.